The molecule has 0 fully saturated rings. The topological polar surface area (TPSA) is 116 Å². The summed E-state index contributed by atoms with van der Waals surface area (Å²) in [6.45, 7) is 3.77. The fourth-order valence-electron chi connectivity index (χ4n) is 2.53. The molecule has 2 aromatic carbocycles. The Morgan fingerprint density at radius 1 is 1.20 bits per heavy atom. The van der Waals surface area contributed by atoms with Gasteiger partial charge >= 0.3 is 17.5 Å². The van der Waals surface area contributed by atoms with Gasteiger partial charge in [-0.3, -0.25) is 10.1 Å². The molecule has 0 saturated heterocycles. The minimum atomic E-state index is -0.632. The molecule has 1 aromatic heterocycles. The molecule has 0 spiro atoms. The van der Waals surface area contributed by atoms with Crippen molar-refractivity contribution in [2.24, 2.45) is 0 Å². The van der Waals surface area contributed by atoms with Gasteiger partial charge in [-0.25, -0.2) is 9.78 Å². The summed E-state index contributed by atoms with van der Waals surface area (Å²) in [4.78, 5) is 30.7. The predicted molar refractivity (Wildman–Crippen MR) is 111 cm³/mol. The Morgan fingerprint density at radius 2 is 1.93 bits per heavy atom. The normalized spacial score (nSPS) is 10.4. The standard InChI is InChI=1S/C20H17ClN4O5/c1-3-29-20(26)13-4-6-14(7-5-13)24-18-17(25(27)28)19(23-11-22-18)30-15-8-9-16(21)12(2)10-15/h4-11H,3H2,1-2H3,(H,22,23,24). The molecular weight excluding hydrogens is 412 g/mol. The van der Waals surface area contributed by atoms with Crippen molar-refractivity contribution < 1.29 is 19.2 Å². The van der Waals surface area contributed by atoms with Crippen LogP contribution in [-0.4, -0.2) is 27.5 Å². The van der Waals surface area contributed by atoms with Crippen molar-refractivity contribution in [3.63, 3.8) is 0 Å². The van der Waals surface area contributed by atoms with Gasteiger partial charge < -0.3 is 14.8 Å². The van der Waals surface area contributed by atoms with Gasteiger partial charge in [0.2, 0.25) is 5.82 Å². The highest BCUT2D eigenvalue weighted by atomic mass is 35.5. The molecule has 0 unspecified atom stereocenters. The number of aryl methyl sites for hydroxylation is 1. The Labute approximate surface area is 176 Å². The van der Waals surface area contributed by atoms with Crippen molar-refractivity contribution >= 4 is 34.8 Å². The lowest BCUT2D eigenvalue weighted by Gasteiger charge is -2.10. The molecule has 0 atom stereocenters. The number of hydrogen-bond acceptors (Lipinski definition) is 8. The van der Waals surface area contributed by atoms with Gasteiger partial charge in [0, 0.05) is 10.7 Å². The number of nitrogens with one attached hydrogen (secondary N) is 1. The summed E-state index contributed by atoms with van der Waals surface area (Å²) in [6.07, 6.45) is 1.15. The second kappa shape index (κ2) is 9.19. The number of nitrogens with zero attached hydrogens (tertiary/aromatic N) is 3. The van der Waals surface area contributed by atoms with Crippen LogP contribution in [0, 0.1) is 17.0 Å². The number of benzene rings is 2. The first-order valence-electron chi connectivity index (χ1n) is 8.86. The van der Waals surface area contributed by atoms with E-state index in [-0.39, 0.29) is 18.3 Å². The number of rotatable bonds is 7. The summed E-state index contributed by atoms with van der Waals surface area (Å²) in [5, 5.41) is 15.1. The molecule has 1 heterocycles. The summed E-state index contributed by atoms with van der Waals surface area (Å²) in [5.41, 5.74) is 1.17. The molecule has 154 valence electrons. The maximum Gasteiger partial charge on any atom is 0.373 e. The van der Waals surface area contributed by atoms with E-state index in [0.717, 1.165) is 11.9 Å². The third-order valence-corrected chi connectivity index (χ3v) is 4.40. The molecule has 0 aliphatic carbocycles. The van der Waals surface area contributed by atoms with Crippen molar-refractivity contribution in [3.8, 4) is 11.6 Å². The van der Waals surface area contributed by atoms with E-state index in [1.807, 2.05) is 0 Å². The molecule has 10 heteroatoms. The molecule has 0 bridgehead atoms. The van der Waals surface area contributed by atoms with Crippen LogP contribution >= 0.6 is 11.6 Å². The van der Waals surface area contributed by atoms with E-state index in [2.05, 4.69) is 15.3 Å². The molecule has 0 radical (unpaired) electrons. The fraction of sp³-hybridized carbons (Fsp3) is 0.150. The van der Waals surface area contributed by atoms with Gasteiger partial charge in [0.15, 0.2) is 0 Å². The number of aromatic nitrogens is 2. The number of nitro groups is 1. The lowest BCUT2D eigenvalue weighted by atomic mass is 10.2. The van der Waals surface area contributed by atoms with Crippen molar-refractivity contribution in [3.05, 3.63) is 75.1 Å². The first-order chi connectivity index (χ1) is 14.4. The zero-order valence-corrected chi connectivity index (χ0v) is 16.8. The zero-order valence-electron chi connectivity index (χ0n) is 16.1. The fourth-order valence-corrected chi connectivity index (χ4v) is 2.64. The summed E-state index contributed by atoms with van der Waals surface area (Å²) in [6, 6.07) is 11.1. The average Bonchev–Trinajstić information content (AvgIpc) is 2.71. The molecular formula is C20H17ClN4O5. The number of anilines is 2. The molecule has 3 aromatic rings. The van der Waals surface area contributed by atoms with Crippen molar-refractivity contribution in [2.75, 3.05) is 11.9 Å². The van der Waals surface area contributed by atoms with E-state index in [1.165, 1.54) is 0 Å². The monoisotopic (exact) mass is 428 g/mol. The van der Waals surface area contributed by atoms with Crippen LogP contribution in [-0.2, 0) is 4.74 Å². The highest BCUT2D eigenvalue weighted by molar-refractivity contribution is 6.31. The number of carbonyl (C=O) groups excluding carboxylic acids is 1. The van der Waals surface area contributed by atoms with Gasteiger partial charge in [-0.2, -0.15) is 4.98 Å². The highest BCUT2D eigenvalue weighted by Crippen LogP contribution is 2.36. The van der Waals surface area contributed by atoms with Crippen LogP contribution in [0.3, 0.4) is 0 Å². The highest BCUT2D eigenvalue weighted by Gasteiger charge is 2.25. The predicted octanol–water partition coefficient (Wildman–Crippen LogP) is 5.06. The molecule has 0 saturated carbocycles. The summed E-state index contributed by atoms with van der Waals surface area (Å²) < 4.78 is 10.5. The van der Waals surface area contributed by atoms with Crippen LogP contribution in [0.2, 0.25) is 5.02 Å². The minimum Gasteiger partial charge on any atom is -0.462 e. The molecule has 1 N–H and O–H groups in total. The first kappa shape index (κ1) is 21.0. The number of halogens is 1. The van der Waals surface area contributed by atoms with Crippen LogP contribution < -0.4 is 10.1 Å². The minimum absolute atomic E-state index is 0.0560. The van der Waals surface area contributed by atoms with E-state index in [1.54, 1.807) is 56.3 Å². The van der Waals surface area contributed by atoms with Crippen LogP contribution in [0.5, 0.6) is 11.6 Å². The lowest BCUT2D eigenvalue weighted by molar-refractivity contribution is -0.385. The SMILES string of the molecule is CCOC(=O)c1ccc(Nc2ncnc(Oc3ccc(Cl)c(C)c3)c2[N+](=O)[O-])cc1. The average molecular weight is 429 g/mol. The maximum absolute atomic E-state index is 11.7. The van der Waals surface area contributed by atoms with Crippen LogP contribution in [0.25, 0.3) is 0 Å². The van der Waals surface area contributed by atoms with Gasteiger partial charge in [-0.05, 0) is 61.9 Å². The van der Waals surface area contributed by atoms with Gasteiger partial charge in [0.25, 0.3) is 0 Å². The molecule has 9 nitrogen and oxygen atoms in total. The zero-order chi connectivity index (χ0) is 21.7. The van der Waals surface area contributed by atoms with Crippen molar-refractivity contribution in [1.29, 1.82) is 0 Å². The van der Waals surface area contributed by atoms with E-state index >= 15 is 0 Å². The van der Waals surface area contributed by atoms with E-state index < -0.39 is 16.6 Å². The quantitative estimate of drug-likeness (QED) is 0.315. The number of hydrogen-bond donors (Lipinski definition) is 1. The summed E-state index contributed by atoms with van der Waals surface area (Å²) in [5.74, 6) is -0.378. The van der Waals surface area contributed by atoms with Gasteiger partial charge in [-0.1, -0.05) is 11.6 Å². The van der Waals surface area contributed by atoms with Crippen LogP contribution in [0.15, 0.2) is 48.8 Å². The number of carbonyl (C=O) groups is 1. The molecule has 0 aliphatic rings. The van der Waals surface area contributed by atoms with Crippen LogP contribution in [0.1, 0.15) is 22.8 Å². The van der Waals surface area contributed by atoms with Gasteiger partial charge in [0.1, 0.15) is 12.1 Å². The second-order valence-electron chi connectivity index (χ2n) is 6.07. The van der Waals surface area contributed by atoms with Crippen molar-refractivity contribution in [1.82, 2.24) is 9.97 Å². The van der Waals surface area contributed by atoms with E-state index in [9.17, 15) is 14.9 Å². The molecule has 30 heavy (non-hydrogen) atoms. The van der Waals surface area contributed by atoms with Crippen molar-refractivity contribution in [2.45, 2.75) is 13.8 Å². The second-order valence-corrected chi connectivity index (χ2v) is 6.48. The third-order valence-electron chi connectivity index (χ3n) is 3.97. The lowest BCUT2D eigenvalue weighted by Crippen LogP contribution is -2.05. The number of esters is 1. The smallest absolute Gasteiger partial charge is 0.373 e. The largest absolute Gasteiger partial charge is 0.462 e. The summed E-state index contributed by atoms with van der Waals surface area (Å²) >= 11 is 6.00. The Bertz CT molecular complexity index is 1090. The van der Waals surface area contributed by atoms with Crippen LogP contribution in [0.4, 0.5) is 17.2 Å². The molecule has 0 amide bonds. The summed E-state index contributed by atoms with van der Waals surface area (Å²) in [7, 11) is 0. The van der Waals surface area contributed by atoms with Gasteiger partial charge in [0.05, 0.1) is 17.1 Å². The molecule has 3 rings (SSSR count). The third kappa shape index (κ3) is 4.81. The Morgan fingerprint density at radius 3 is 2.57 bits per heavy atom. The van der Waals surface area contributed by atoms with E-state index in [0.29, 0.717) is 22.0 Å². The first-order valence-corrected chi connectivity index (χ1v) is 9.24. The Hall–Kier alpha value is -3.72. The number of ether oxygens (including phenoxy) is 2. The van der Waals surface area contributed by atoms with Gasteiger partial charge in [-0.15, -0.1) is 0 Å². The maximum atomic E-state index is 11.7. The Balaban J connectivity index is 1.88. The Kier molecular flexibility index (Phi) is 6.43. The molecule has 0 aliphatic heterocycles. The van der Waals surface area contributed by atoms with E-state index in [4.69, 9.17) is 21.1 Å².